The molecule has 2 aliphatic rings. The summed E-state index contributed by atoms with van der Waals surface area (Å²) in [6, 6.07) is 14.0. The molecule has 0 radical (unpaired) electrons. The zero-order chi connectivity index (χ0) is 22.7. The Kier molecular flexibility index (Phi) is 4.37. The van der Waals surface area contributed by atoms with Crippen LogP contribution in [0, 0.1) is 0 Å². The fourth-order valence-electron chi connectivity index (χ4n) is 5.54. The molecular formula is C27H22N2O4. The molecule has 0 saturated carbocycles. The molecule has 1 aromatic heterocycles. The van der Waals surface area contributed by atoms with Gasteiger partial charge in [0.15, 0.2) is 0 Å². The van der Waals surface area contributed by atoms with Gasteiger partial charge in [0.05, 0.1) is 17.7 Å². The number of carbonyl (C=O) groups is 3. The lowest BCUT2D eigenvalue weighted by Gasteiger charge is -2.13. The van der Waals surface area contributed by atoms with Crippen molar-refractivity contribution in [2.75, 3.05) is 6.61 Å². The van der Waals surface area contributed by atoms with Crippen LogP contribution >= 0.6 is 0 Å². The molecule has 0 fully saturated rings. The number of hydrogen-bond donors (Lipinski definition) is 1. The van der Waals surface area contributed by atoms with Gasteiger partial charge in [-0.15, -0.1) is 0 Å². The summed E-state index contributed by atoms with van der Waals surface area (Å²) in [6.07, 6.45) is 2.28. The molecule has 6 nitrogen and oxygen atoms in total. The molecule has 3 aromatic carbocycles. The monoisotopic (exact) mass is 438 g/mol. The molecule has 0 saturated heterocycles. The van der Waals surface area contributed by atoms with Crippen LogP contribution in [0.2, 0.25) is 0 Å². The third-order valence-electron chi connectivity index (χ3n) is 6.80. The van der Waals surface area contributed by atoms with Crippen LogP contribution in [-0.4, -0.2) is 29.3 Å². The predicted molar refractivity (Wildman–Crippen MR) is 125 cm³/mol. The van der Waals surface area contributed by atoms with Crippen molar-refractivity contribution in [1.82, 2.24) is 9.88 Å². The first-order valence-corrected chi connectivity index (χ1v) is 11.2. The van der Waals surface area contributed by atoms with E-state index in [2.05, 4.69) is 22.0 Å². The van der Waals surface area contributed by atoms with E-state index in [0.29, 0.717) is 31.7 Å². The summed E-state index contributed by atoms with van der Waals surface area (Å²) in [5.41, 5.74) is 9.01. The lowest BCUT2D eigenvalue weighted by Crippen LogP contribution is -2.13. The highest BCUT2D eigenvalue weighted by atomic mass is 16.5. The van der Waals surface area contributed by atoms with Gasteiger partial charge in [-0.25, -0.2) is 0 Å². The van der Waals surface area contributed by atoms with E-state index < -0.39 is 0 Å². The molecule has 6 rings (SSSR count). The van der Waals surface area contributed by atoms with Crippen LogP contribution in [0.4, 0.5) is 0 Å². The molecule has 1 aliphatic carbocycles. The number of amides is 1. The molecule has 0 spiro atoms. The van der Waals surface area contributed by atoms with Gasteiger partial charge in [0, 0.05) is 53.9 Å². The largest absolute Gasteiger partial charge is 0.466 e. The number of nitrogens with one attached hydrogen (secondary N) is 1. The molecule has 1 amide bonds. The minimum Gasteiger partial charge on any atom is -0.466 e. The Balaban J connectivity index is 1.68. The Morgan fingerprint density at radius 2 is 2.00 bits per heavy atom. The summed E-state index contributed by atoms with van der Waals surface area (Å²) in [7, 11) is 0. The number of hydrogen-bond acceptors (Lipinski definition) is 4. The number of rotatable bonds is 5. The fourth-order valence-corrected chi connectivity index (χ4v) is 5.54. The second-order valence-corrected chi connectivity index (χ2v) is 8.69. The average Bonchev–Trinajstić information content (AvgIpc) is 3.47. The standard InChI is InChI=1S/C27H22N2O4/c1-15(31)33-10-4-9-29-22-8-7-16(14-30)11-19(22)24-21-13-28-27(32)25(21)23-18-6-3-2-5-17(18)12-20(23)26(24)29/h2-3,5-8,11,14H,4,9-10,12-13H2,1H3,(H,28,32). The van der Waals surface area contributed by atoms with Crippen molar-refractivity contribution in [2.45, 2.75) is 32.9 Å². The minimum absolute atomic E-state index is 0.0397. The fraction of sp³-hybridized carbons (Fsp3) is 0.222. The maximum Gasteiger partial charge on any atom is 0.302 e. The van der Waals surface area contributed by atoms with Crippen molar-refractivity contribution >= 4 is 40.0 Å². The van der Waals surface area contributed by atoms with Gasteiger partial charge in [-0.1, -0.05) is 24.3 Å². The van der Waals surface area contributed by atoms with E-state index in [4.69, 9.17) is 4.74 Å². The zero-order valence-electron chi connectivity index (χ0n) is 18.2. The Bertz CT molecular complexity index is 1510. The van der Waals surface area contributed by atoms with Crippen LogP contribution in [0.5, 0.6) is 0 Å². The number of benzene rings is 3. The highest BCUT2D eigenvalue weighted by molar-refractivity contribution is 6.20. The van der Waals surface area contributed by atoms with Crippen LogP contribution in [0.15, 0.2) is 42.5 Å². The van der Waals surface area contributed by atoms with Crippen LogP contribution in [0.25, 0.3) is 32.9 Å². The first-order chi connectivity index (χ1) is 16.1. The molecule has 4 aromatic rings. The van der Waals surface area contributed by atoms with E-state index in [1.807, 2.05) is 30.3 Å². The van der Waals surface area contributed by atoms with Crippen LogP contribution in [0.3, 0.4) is 0 Å². The molecule has 0 bridgehead atoms. The number of fused-ring (bicyclic) bond motifs is 10. The molecule has 33 heavy (non-hydrogen) atoms. The van der Waals surface area contributed by atoms with Gasteiger partial charge in [-0.05, 0) is 46.9 Å². The number of aryl methyl sites for hydroxylation is 1. The zero-order valence-corrected chi connectivity index (χ0v) is 18.2. The van der Waals surface area contributed by atoms with Gasteiger partial charge in [-0.2, -0.15) is 0 Å². The summed E-state index contributed by atoms with van der Waals surface area (Å²) >= 11 is 0. The van der Waals surface area contributed by atoms with Gasteiger partial charge in [0.2, 0.25) is 0 Å². The maximum atomic E-state index is 13.0. The van der Waals surface area contributed by atoms with Crippen molar-refractivity contribution < 1.29 is 19.1 Å². The number of aromatic nitrogens is 1. The van der Waals surface area contributed by atoms with Crippen LogP contribution in [0.1, 0.15) is 50.8 Å². The number of nitrogens with zero attached hydrogens (tertiary/aromatic N) is 1. The van der Waals surface area contributed by atoms with E-state index in [9.17, 15) is 14.4 Å². The number of carbonyl (C=O) groups excluding carboxylic acids is 3. The summed E-state index contributed by atoms with van der Waals surface area (Å²) < 4.78 is 7.45. The van der Waals surface area contributed by atoms with E-state index >= 15 is 0 Å². The van der Waals surface area contributed by atoms with Crippen LogP contribution < -0.4 is 5.32 Å². The Hall–Kier alpha value is -3.93. The van der Waals surface area contributed by atoms with Crippen LogP contribution in [-0.2, 0) is 29.0 Å². The first-order valence-electron chi connectivity index (χ1n) is 11.2. The van der Waals surface area contributed by atoms with Crippen molar-refractivity contribution in [1.29, 1.82) is 0 Å². The van der Waals surface area contributed by atoms with Gasteiger partial charge in [0.1, 0.15) is 6.29 Å². The van der Waals surface area contributed by atoms with E-state index in [1.165, 1.54) is 12.5 Å². The van der Waals surface area contributed by atoms with E-state index in [-0.39, 0.29) is 11.9 Å². The van der Waals surface area contributed by atoms with Gasteiger partial charge in [0.25, 0.3) is 5.91 Å². The highest BCUT2D eigenvalue weighted by Gasteiger charge is 2.35. The first kappa shape index (κ1) is 19.7. The SMILES string of the molecule is CC(=O)OCCCn1c2ccc(C=O)cc2c2c3c(c4c(c21)Cc1ccccc1-4)C(=O)NC3. The number of esters is 1. The Labute approximate surface area is 190 Å². The lowest BCUT2D eigenvalue weighted by molar-refractivity contribution is -0.141. The molecule has 0 atom stereocenters. The highest BCUT2D eigenvalue weighted by Crippen LogP contribution is 2.48. The normalized spacial score (nSPS) is 13.7. The lowest BCUT2D eigenvalue weighted by atomic mass is 9.92. The average molecular weight is 438 g/mol. The summed E-state index contributed by atoms with van der Waals surface area (Å²) in [6.45, 7) is 2.89. The molecule has 1 aliphatic heterocycles. The maximum absolute atomic E-state index is 13.0. The molecule has 164 valence electrons. The Morgan fingerprint density at radius 1 is 1.15 bits per heavy atom. The predicted octanol–water partition coefficient (Wildman–Crippen LogP) is 4.37. The quantitative estimate of drug-likeness (QED) is 0.251. The number of aldehydes is 1. The number of ether oxygens (including phenoxy) is 1. The van der Waals surface area contributed by atoms with Gasteiger partial charge in [-0.3, -0.25) is 14.4 Å². The summed E-state index contributed by atoms with van der Waals surface area (Å²) in [4.78, 5) is 35.8. The minimum atomic E-state index is -0.286. The molecule has 6 heteroatoms. The molecule has 1 N–H and O–H groups in total. The molecular weight excluding hydrogens is 416 g/mol. The second kappa shape index (κ2) is 7.30. The Morgan fingerprint density at radius 3 is 2.82 bits per heavy atom. The second-order valence-electron chi connectivity index (χ2n) is 8.69. The van der Waals surface area contributed by atoms with Crippen molar-refractivity contribution in [3.05, 3.63) is 70.3 Å². The smallest absolute Gasteiger partial charge is 0.302 e. The van der Waals surface area contributed by atoms with Gasteiger partial charge < -0.3 is 14.6 Å². The van der Waals surface area contributed by atoms with Crippen molar-refractivity contribution in [2.24, 2.45) is 0 Å². The summed E-state index contributed by atoms with van der Waals surface area (Å²) in [5.74, 6) is -0.325. The molecule has 2 heterocycles. The van der Waals surface area contributed by atoms with Crippen molar-refractivity contribution in [3.8, 4) is 11.1 Å². The molecule has 0 unspecified atom stereocenters. The van der Waals surface area contributed by atoms with Crippen molar-refractivity contribution in [3.63, 3.8) is 0 Å². The van der Waals surface area contributed by atoms with E-state index in [1.54, 1.807) is 0 Å². The van der Waals surface area contributed by atoms with Gasteiger partial charge >= 0.3 is 5.97 Å². The van der Waals surface area contributed by atoms with E-state index in [0.717, 1.165) is 62.3 Å². The third kappa shape index (κ3) is 2.83. The third-order valence-corrected chi connectivity index (χ3v) is 6.80. The summed E-state index contributed by atoms with van der Waals surface area (Å²) in [5, 5.41) is 5.05. The topological polar surface area (TPSA) is 77.4 Å².